The molecular weight excluding hydrogens is 208 g/mol. The number of aliphatic hydroxyl groups excluding tert-OH is 1. The van der Waals surface area contributed by atoms with Gasteiger partial charge in [0.1, 0.15) is 5.60 Å². The number of rotatable bonds is 0. The van der Waals surface area contributed by atoms with Crippen molar-refractivity contribution in [1.29, 1.82) is 0 Å². The Labute approximate surface area is 86.8 Å². The van der Waals surface area contributed by atoms with Crippen molar-refractivity contribution >= 4 is 11.6 Å². The Morgan fingerprint density at radius 2 is 2.14 bits per heavy atom. The summed E-state index contributed by atoms with van der Waals surface area (Å²) in [5, 5.41) is 19.5. The molecule has 3 aliphatic rings. The fourth-order valence-corrected chi connectivity index (χ4v) is 3.43. The van der Waals surface area contributed by atoms with E-state index in [2.05, 4.69) is 0 Å². The zero-order chi connectivity index (χ0) is 9.92. The van der Waals surface area contributed by atoms with Crippen molar-refractivity contribution in [2.75, 3.05) is 13.2 Å². The molecule has 2 aliphatic heterocycles. The number of hydrogen-bond acceptors (Lipinski definition) is 4. The van der Waals surface area contributed by atoms with Gasteiger partial charge < -0.3 is 19.7 Å². The summed E-state index contributed by atoms with van der Waals surface area (Å²) < 4.78 is 10.7. The second-order valence-corrected chi connectivity index (χ2v) is 4.88. The first-order valence-electron chi connectivity index (χ1n) is 4.92. The first-order valence-corrected chi connectivity index (χ1v) is 5.36. The van der Waals surface area contributed by atoms with Crippen LogP contribution in [0.2, 0.25) is 0 Å². The van der Waals surface area contributed by atoms with Crippen LogP contribution in [0, 0.1) is 11.8 Å². The molecule has 4 nitrogen and oxygen atoms in total. The molecule has 0 aromatic carbocycles. The Morgan fingerprint density at radius 3 is 2.93 bits per heavy atom. The van der Waals surface area contributed by atoms with Crippen LogP contribution in [-0.4, -0.2) is 46.8 Å². The van der Waals surface area contributed by atoms with Crippen molar-refractivity contribution in [3.05, 3.63) is 0 Å². The summed E-state index contributed by atoms with van der Waals surface area (Å²) in [4.78, 5) is 0. The van der Waals surface area contributed by atoms with E-state index in [1.165, 1.54) is 0 Å². The minimum absolute atomic E-state index is 0.0174. The summed E-state index contributed by atoms with van der Waals surface area (Å²) in [6.45, 7) is 0.743. The van der Waals surface area contributed by atoms with Crippen LogP contribution >= 0.6 is 11.6 Å². The molecule has 3 fully saturated rings. The van der Waals surface area contributed by atoms with Gasteiger partial charge in [0.15, 0.2) is 6.29 Å². The molecule has 0 bridgehead atoms. The summed E-state index contributed by atoms with van der Waals surface area (Å²) in [6.07, 6.45) is -0.267. The highest BCUT2D eigenvalue weighted by molar-refractivity contribution is 6.22. The fraction of sp³-hybridized carbons (Fsp3) is 1.00. The molecule has 0 unspecified atom stereocenters. The fourth-order valence-electron chi connectivity index (χ4n) is 3.03. The standard InChI is InChI=1S/C9H13ClO4/c10-7-6(11)4-1-2-13-8-5(4)9(7,12)3-14-8/h4-8,11-12H,1-3H2/t4-,5-,6-,7+,8+,9+/m0/s1. The van der Waals surface area contributed by atoms with Gasteiger partial charge in [0.05, 0.1) is 24.7 Å². The van der Waals surface area contributed by atoms with E-state index in [9.17, 15) is 10.2 Å². The van der Waals surface area contributed by atoms with Gasteiger partial charge in [-0.3, -0.25) is 0 Å². The van der Waals surface area contributed by atoms with Gasteiger partial charge in [-0.15, -0.1) is 11.6 Å². The first kappa shape index (κ1) is 9.36. The van der Waals surface area contributed by atoms with Gasteiger partial charge in [-0.2, -0.15) is 0 Å². The smallest absolute Gasteiger partial charge is 0.163 e. The van der Waals surface area contributed by atoms with Crippen LogP contribution in [0.4, 0.5) is 0 Å². The zero-order valence-electron chi connectivity index (χ0n) is 7.60. The van der Waals surface area contributed by atoms with Gasteiger partial charge in [-0.05, 0) is 12.3 Å². The average molecular weight is 221 g/mol. The molecule has 0 aromatic heterocycles. The van der Waals surface area contributed by atoms with Crippen LogP contribution < -0.4 is 0 Å². The second-order valence-electron chi connectivity index (χ2n) is 4.41. The van der Waals surface area contributed by atoms with Gasteiger partial charge in [0, 0.05) is 5.92 Å². The number of halogens is 1. The van der Waals surface area contributed by atoms with E-state index >= 15 is 0 Å². The molecule has 1 aliphatic carbocycles. The van der Waals surface area contributed by atoms with Crippen LogP contribution in [0.3, 0.4) is 0 Å². The average Bonchev–Trinajstić information content (AvgIpc) is 2.63. The minimum Gasteiger partial charge on any atom is -0.391 e. The largest absolute Gasteiger partial charge is 0.391 e. The number of hydrogen-bond donors (Lipinski definition) is 2. The molecule has 0 aromatic rings. The molecule has 2 saturated heterocycles. The van der Waals surface area contributed by atoms with Gasteiger partial charge in [-0.25, -0.2) is 0 Å². The van der Waals surface area contributed by atoms with Crippen molar-refractivity contribution in [2.45, 2.75) is 29.8 Å². The number of aliphatic hydroxyl groups is 2. The third-order valence-electron chi connectivity index (χ3n) is 3.76. The molecule has 0 spiro atoms. The number of ether oxygens (including phenoxy) is 2. The van der Waals surface area contributed by atoms with Crippen LogP contribution in [0.15, 0.2) is 0 Å². The molecule has 6 atom stereocenters. The zero-order valence-corrected chi connectivity index (χ0v) is 8.35. The van der Waals surface area contributed by atoms with Gasteiger partial charge in [0.2, 0.25) is 0 Å². The maximum atomic E-state index is 10.3. The molecule has 3 rings (SSSR count). The lowest BCUT2D eigenvalue weighted by Crippen LogP contribution is -2.44. The summed E-state index contributed by atoms with van der Waals surface area (Å²) in [5.41, 5.74) is -1.10. The molecule has 14 heavy (non-hydrogen) atoms. The van der Waals surface area contributed by atoms with E-state index in [-0.39, 0.29) is 24.7 Å². The summed E-state index contributed by atoms with van der Waals surface area (Å²) >= 11 is 6.04. The maximum Gasteiger partial charge on any atom is 0.163 e. The highest BCUT2D eigenvalue weighted by atomic mass is 35.5. The molecule has 2 heterocycles. The molecule has 0 amide bonds. The van der Waals surface area contributed by atoms with Crippen molar-refractivity contribution in [3.8, 4) is 0 Å². The predicted octanol–water partition coefficient (Wildman–Crippen LogP) is -0.292. The van der Waals surface area contributed by atoms with Crippen LogP contribution in [0.25, 0.3) is 0 Å². The molecular formula is C9H13ClO4. The highest BCUT2D eigenvalue weighted by Gasteiger charge is 2.66. The lowest BCUT2D eigenvalue weighted by molar-refractivity contribution is -0.174. The van der Waals surface area contributed by atoms with E-state index in [0.717, 1.165) is 6.42 Å². The lowest BCUT2D eigenvalue weighted by Gasteiger charge is -2.32. The van der Waals surface area contributed by atoms with E-state index < -0.39 is 17.1 Å². The van der Waals surface area contributed by atoms with Crippen LogP contribution in [0.5, 0.6) is 0 Å². The lowest BCUT2D eigenvalue weighted by atomic mass is 9.84. The molecule has 2 N–H and O–H groups in total. The van der Waals surface area contributed by atoms with Crippen LogP contribution in [-0.2, 0) is 9.47 Å². The quantitative estimate of drug-likeness (QED) is 0.551. The summed E-state index contributed by atoms with van der Waals surface area (Å²) in [7, 11) is 0. The van der Waals surface area contributed by atoms with Crippen molar-refractivity contribution in [2.24, 2.45) is 11.8 Å². The molecule has 0 radical (unpaired) electrons. The Kier molecular flexibility index (Phi) is 1.89. The second kappa shape index (κ2) is 2.83. The topological polar surface area (TPSA) is 58.9 Å². The Morgan fingerprint density at radius 1 is 1.36 bits per heavy atom. The van der Waals surface area contributed by atoms with Crippen molar-refractivity contribution in [1.82, 2.24) is 0 Å². The van der Waals surface area contributed by atoms with E-state index in [1.807, 2.05) is 0 Å². The van der Waals surface area contributed by atoms with Crippen LogP contribution in [0.1, 0.15) is 6.42 Å². The Hall–Kier alpha value is 0.130. The van der Waals surface area contributed by atoms with Gasteiger partial charge in [0.25, 0.3) is 0 Å². The summed E-state index contributed by atoms with van der Waals surface area (Å²) in [6, 6.07) is 0. The Bertz CT molecular complexity index is 261. The Balaban J connectivity index is 2.00. The molecule has 1 saturated carbocycles. The van der Waals surface area contributed by atoms with E-state index in [0.29, 0.717) is 6.61 Å². The SMILES string of the molecule is O[C@H]1[C@H]2CCO[C@@H]3OC[C@@](O)([C@H]32)[C@@H]1Cl. The molecule has 5 heteroatoms. The normalized spacial score (nSPS) is 61.5. The maximum absolute atomic E-state index is 10.3. The third kappa shape index (κ3) is 0.933. The van der Waals surface area contributed by atoms with Gasteiger partial charge >= 0.3 is 0 Å². The molecule has 80 valence electrons. The number of alkyl halides is 1. The first-order chi connectivity index (χ1) is 6.64. The third-order valence-corrected chi connectivity index (χ3v) is 4.40. The predicted molar refractivity (Wildman–Crippen MR) is 47.9 cm³/mol. The monoisotopic (exact) mass is 220 g/mol. The van der Waals surface area contributed by atoms with Crippen molar-refractivity contribution in [3.63, 3.8) is 0 Å². The highest BCUT2D eigenvalue weighted by Crippen LogP contribution is 2.53. The van der Waals surface area contributed by atoms with Crippen molar-refractivity contribution < 1.29 is 19.7 Å². The van der Waals surface area contributed by atoms with E-state index in [4.69, 9.17) is 21.1 Å². The summed E-state index contributed by atoms with van der Waals surface area (Å²) in [5.74, 6) is -0.141. The minimum atomic E-state index is -1.10. The van der Waals surface area contributed by atoms with E-state index in [1.54, 1.807) is 0 Å². The van der Waals surface area contributed by atoms with Gasteiger partial charge in [-0.1, -0.05) is 0 Å².